The van der Waals surface area contributed by atoms with E-state index in [1.54, 1.807) is 18.4 Å². The molecule has 146 valence electrons. The first-order chi connectivity index (χ1) is 13.0. The van der Waals surface area contributed by atoms with Crippen molar-refractivity contribution in [1.82, 2.24) is 15.8 Å². The molecule has 0 aliphatic heterocycles. The van der Waals surface area contributed by atoms with Crippen LogP contribution in [0.15, 0.2) is 35.7 Å². The van der Waals surface area contributed by atoms with Crippen LogP contribution in [-0.2, 0) is 22.7 Å². The number of amides is 2. The molecule has 7 nitrogen and oxygen atoms in total. The zero-order chi connectivity index (χ0) is 19.6. The van der Waals surface area contributed by atoms with Crippen molar-refractivity contribution in [1.29, 1.82) is 0 Å². The Morgan fingerprint density at radius 2 is 2.00 bits per heavy atom. The van der Waals surface area contributed by atoms with Gasteiger partial charge in [-0.05, 0) is 35.7 Å². The number of thiophene rings is 1. The maximum atomic E-state index is 11.9. The number of methoxy groups -OCH3 is 1. The first-order valence-electron chi connectivity index (χ1n) is 8.61. The lowest BCUT2D eigenvalue weighted by atomic mass is 10.2. The maximum absolute atomic E-state index is 11.9. The van der Waals surface area contributed by atoms with Crippen molar-refractivity contribution in [3.8, 4) is 11.5 Å². The predicted molar refractivity (Wildman–Crippen MR) is 105 cm³/mol. The van der Waals surface area contributed by atoms with Gasteiger partial charge in [-0.1, -0.05) is 19.1 Å². The highest BCUT2D eigenvalue weighted by molar-refractivity contribution is 7.09. The Morgan fingerprint density at radius 3 is 2.63 bits per heavy atom. The molecular formula is C19H25N3O4S. The van der Waals surface area contributed by atoms with Gasteiger partial charge in [0.2, 0.25) is 5.91 Å². The summed E-state index contributed by atoms with van der Waals surface area (Å²) in [6.45, 7) is 5.25. The van der Waals surface area contributed by atoms with Crippen LogP contribution in [0.4, 0.5) is 0 Å². The monoisotopic (exact) mass is 391 g/mol. The molecule has 2 aromatic rings. The van der Waals surface area contributed by atoms with Crippen LogP contribution in [0, 0.1) is 0 Å². The highest BCUT2D eigenvalue weighted by Gasteiger charge is 2.12. The number of hydrogen-bond donors (Lipinski definition) is 2. The number of nitrogens with zero attached hydrogens (tertiary/aromatic N) is 1. The fraction of sp³-hybridized carbons (Fsp3) is 0.368. The number of ether oxygens (including phenoxy) is 2. The highest BCUT2D eigenvalue weighted by atomic mass is 32.1. The Labute approximate surface area is 163 Å². The molecule has 0 aliphatic rings. The van der Waals surface area contributed by atoms with Crippen molar-refractivity contribution >= 4 is 23.2 Å². The second-order valence-corrected chi connectivity index (χ2v) is 6.92. The summed E-state index contributed by atoms with van der Waals surface area (Å²) in [6, 6.07) is 9.77. The summed E-state index contributed by atoms with van der Waals surface area (Å²) < 4.78 is 11.3. The normalized spacial score (nSPS) is 10.5. The molecule has 0 saturated carbocycles. The summed E-state index contributed by atoms with van der Waals surface area (Å²) in [6.07, 6.45) is 0. The average Bonchev–Trinajstić information content (AvgIpc) is 3.18. The van der Waals surface area contributed by atoms with E-state index in [0.29, 0.717) is 31.2 Å². The van der Waals surface area contributed by atoms with Gasteiger partial charge in [-0.3, -0.25) is 25.3 Å². The SMILES string of the molecule is CCN(CC(=O)NNC(C)=O)Cc1ccc(OCc2cccs2)c(OC)c1. The van der Waals surface area contributed by atoms with Gasteiger partial charge in [0.05, 0.1) is 13.7 Å². The van der Waals surface area contributed by atoms with Crippen molar-refractivity contribution in [2.75, 3.05) is 20.2 Å². The van der Waals surface area contributed by atoms with Crippen LogP contribution in [0.1, 0.15) is 24.3 Å². The third-order valence-electron chi connectivity index (χ3n) is 3.78. The lowest BCUT2D eigenvalue weighted by Gasteiger charge is -2.20. The molecule has 0 fully saturated rings. The lowest BCUT2D eigenvalue weighted by molar-refractivity contribution is -0.128. The molecule has 0 radical (unpaired) electrons. The van der Waals surface area contributed by atoms with Gasteiger partial charge in [0.1, 0.15) is 6.61 Å². The molecule has 1 heterocycles. The number of rotatable bonds is 9. The van der Waals surface area contributed by atoms with E-state index in [2.05, 4.69) is 10.9 Å². The Hall–Kier alpha value is -2.58. The number of likely N-dealkylation sites (N-methyl/N-ethyl adjacent to an activating group) is 1. The number of carbonyl (C=O) groups is 2. The first kappa shape index (κ1) is 20.7. The standard InChI is InChI=1S/C19H25N3O4S/c1-4-22(12-19(24)21-20-14(2)23)11-15-7-8-17(18(10-15)25-3)26-13-16-6-5-9-27-16/h5-10H,4,11-13H2,1-3H3,(H,20,23)(H,21,24). The lowest BCUT2D eigenvalue weighted by Crippen LogP contribution is -2.45. The van der Waals surface area contributed by atoms with Crippen LogP contribution in [0.3, 0.4) is 0 Å². The second-order valence-electron chi connectivity index (χ2n) is 5.89. The Balaban J connectivity index is 1.96. The van der Waals surface area contributed by atoms with Crippen LogP contribution in [0.25, 0.3) is 0 Å². The number of hydrazine groups is 1. The Kier molecular flexibility index (Phi) is 8.09. The largest absolute Gasteiger partial charge is 0.493 e. The molecule has 0 aliphatic carbocycles. The van der Waals surface area contributed by atoms with Crippen molar-refractivity contribution in [3.05, 3.63) is 46.2 Å². The molecule has 0 saturated heterocycles. The minimum atomic E-state index is -0.311. The number of benzene rings is 1. The summed E-state index contributed by atoms with van der Waals surface area (Å²) in [7, 11) is 1.61. The van der Waals surface area contributed by atoms with E-state index in [-0.39, 0.29) is 18.4 Å². The maximum Gasteiger partial charge on any atom is 0.252 e. The summed E-state index contributed by atoms with van der Waals surface area (Å²) in [5, 5.41) is 2.01. The van der Waals surface area contributed by atoms with E-state index in [9.17, 15) is 9.59 Å². The van der Waals surface area contributed by atoms with E-state index in [0.717, 1.165) is 10.4 Å². The third kappa shape index (κ3) is 6.92. The van der Waals surface area contributed by atoms with Gasteiger partial charge in [-0.15, -0.1) is 11.3 Å². The minimum Gasteiger partial charge on any atom is -0.493 e. The molecule has 0 bridgehead atoms. The summed E-state index contributed by atoms with van der Waals surface area (Å²) >= 11 is 1.64. The number of hydrogen-bond acceptors (Lipinski definition) is 6. The number of carbonyl (C=O) groups excluding carboxylic acids is 2. The van der Waals surface area contributed by atoms with Gasteiger partial charge in [0.25, 0.3) is 5.91 Å². The number of nitrogens with one attached hydrogen (secondary N) is 2. The smallest absolute Gasteiger partial charge is 0.252 e. The molecule has 1 aromatic heterocycles. The zero-order valence-corrected chi connectivity index (χ0v) is 16.6. The van der Waals surface area contributed by atoms with Crippen molar-refractivity contribution in [2.45, 2.75) is 27.0 Å². The molecular weight excluding hydrogens is 366 g/mol. The van der Waals surface area contributed by atoms with Crippen molar-refractivity contribution < 1.29 is 19.1 Å². The quantitative estimate of drug-likeness (QED) is 0.642. The highest BCUT2D eigenvalue weighted by Crippen LogP contribution is 2.29. The van der Waals surface area contributed by atoms with Crippen LogP contribution in [0.2, 0.25) is 0 Å². The van der Waals surface area contributed by atoms with Crippen LogP contribution >= 0.6 is 11.3 Å². The van der Waals surface area contributed by atoms with Gasteiger partial charge in [0, 0.05) is 18.3 Å². The van der Waals surface area contributed by atoms with Gasteiger partial charge < -0.3 is 9.47 Å². The summed E-state index contributed by atoms with van der Waals surface area (Å²) in [5.74, 6) is 0.757. The Morgan fingerprint density at radius 1 is 1.19 bits per heavy atom. The summed E-state index contributed by atoms with van der Waals surface area (Å²) in [4.78, 5) is 25.8. The predicted octanol–water partition coefficient (Wildman–Crippen LogP) is 2.32. The topological polar surface area (TPSA) is 79.9 Å². The summed E-state index contributed by atoms with van der Waals surface area (Å²) in [5.41, 5.74) is 5.66. The molecule has 2 N–H and O–H groups in total. The van der Waals surface area contributed by atoms with Gasteiger partial charge >= 0.3 is 0 Å². The third-order valence-corrected chi connectivity index (χ3v) is 4.63. The molecule has 2 rings (SSSR count). The first-order valence-corrected chi connectivity index (χ1v) is 9.49. The van der Waals surface area contributed by atoms with Gasteiger partial charge in [0.15, 0.2) is 11.5 Å². The van der Waals surface area contributed by atoms with Crippen molar-refractivity contribution in [3.63, 3.8) is 0 Å². The van der Waals surface area contributed by atoms with E-state index in [1.807, 2.05) is 47.5 Å². The molecule has 2 amide bonds. The van der Waals surface area contributed by atoms with Crippen LogP contribution in [0.5, 0.6) is 11.5 Å². The van der Waals surface area contributed by atoms with E-state index >= 15 is 0 Å². The van der Waals surface area contributed by atoms with Gasteiger partial charge in [-0.2, -0.15) is 0 Å². The molecule has 27 heavy (non-hydrogen) atoms. The minimum absolute atomic E-state index is 0.176. The average molecular weight is 391 g/mol. The van der Waals surface area contributed by atoms with Gasteiger partial charge in [-0.25, -0.2) is 0 Å². The fourth-order valence-corrected chi connectivity index (χ4v) is 3.03. The zero-order valence-electron chi connectivity index (χ0n) is 15.8. The van der Waals surface area contributed by atoms with Crippen LogP contribution in [-0.4, -0.2) is 36.9 Å². The molecule has 8 heteroatoms. The van der Waals surface area contributed by atoms with E-state index in [1.165, 1.54) is 6.92 Å². The van der Waals surface area contributed by atoms with Crippen LogP contribution < -0.4 is 20.3 Å². The Bertz CT molecular complexity index is 749. The molecule has 0 spiro atoms. The molecule has 1 aromatic carbocycles. The molecule has 0 atom stereocenters. The van der Waals surface area contributed by atoms with E-state index in [4.69, 9.17) is 9.47 Å². The molecule has 0 unspecified atom stereocenters. The fourth-order valence-electron chi connectivity index (χ4n) is 2.41. The van der Waals surface area contributed by atoms with Crippen molar-refractivity contribution in [2.24, 2.45) is 0 Å². The van der Waals surface area contributed by atoms with E-state index < -0.39 is 0 Å². The second kappa shape index (κ2) is 10.5.